The molecule has 5 heteroatoms. The van der Waals surface area contributed by atoms with Crippen molar-refractivity contribution in [3.05, 3.63) is 35.4 Å². The van der Waals surface area contributed by atoms with E-state index in [0.29, 0.717) is 17.9 Å². The second kappa shape index (κ2) is 5.95. The van der Waals surface area contributed by atoms with Crippen LogP contribution in [0.2, 0.25) is 0 Å². The predicted molar refractivity (Wildman–Crippen MR) is 80.2 cm³/mol. The average molecular weight is 308 g/mol. The van der Waals surface area contributed by atoms with Gasteiger partial charge in [0.05, 0.1) is 0 Å². The van der Waals surface area contributed by atoms with Crippen LogP contribution >= 0.6 is 0 Å². The second-order valence-electron chi connectivity index (χ2n) is 6.64. The molecule has 1 aromatic carbocycles. The largest absolute Gasteiger partial charge is 0.342 e. The Balaban J connectivity index is 1.60. The summed E-state index contributed by atoms with van der Waals surface area (Å²) >= 11 is 0. The molecule has 3 unspecified atom stereocenters. The molecule has 1 saturated heterocycles. The Morgan fingerprint density at radius 3 is 2.64 bits per heavy atom. The van der Waals surface area contributed by atoms with Gasteiger partial charge in [-0.1, -0.05) is 0 Å². The van der Waals surface area contributed by atoms with Crippen LogP contribution in [0, 0.1) is 23.5 Å². The van der Waals surface area contributed by atoms with Gasteiger partial charge in [-0.05, 0) is 61.8 Å². The van der Waals surface area contributed by atoms with E-state index in [1.807, 2.05) is 11.8 Å². The highest BCUT2D eigenvalue weighted by Gasteiger charge is 2.47. The molecule has 2 fully saturated rings. The molecule has 1 aliphatic carbocycles. The van der Waals surface area contributed by atoms with Gasteiger partial charge in [-0.25, -0.2) is 8.78 Å². The van der Waals surface area contributed by atoms with E-state index in [1.165, 1.54) is 6.07 Å². The van der Waals surface area contributed by atoms with Gasteiger partial charge >= 0.3 is 0 Å². The molecule has 1 aromatic rings. The van der Waals surface area contributed by atoms with Gasteiger partial charge in [-0.3, -0.25) is 4.79 Å². The SMILES string of the molecule is CC(N)C1CCN(C(=O)C2CC2c2cc(F)ccc2F)CC1. The zero-order valence-electron chi connectivity index (χ0n) is 12.8. The zero-order chi connectivity index (χ0) is 15.9. The van der Waals surface area contributed by atoms with Gasteiger partial charge in [0.25, 0.3) is 0 Å². The summed E-state index contributed by atoms with van der Waals surface area (Å²) in [6, 6.07) is 3.62. The molecular weight excluding hydrogens is 286 g/mol. The Morgan fingerprint density at radius 1 is 1.32 bits per heavy atom. The minimum atomic E-state index is -0.452. The lowest BCUT2D eigenvalue weighted by atomic mass is 9.90. The topological polar surface area (TPSA) is 46.3 Å². The highest BCUT2D eigenvalue weighted by Crippen LogP contribution is 2.49. The highest BCUT2D eigenvalue weighted by molar-refractivity contribution is 5.83. The fraction of sp³-hybridized carbons (Fsp3) is 0.588. The highest BCUT2D eigenvalue weighted by atomic mass is 19.1. The third-order valence-electron chi connectivity index (χ3n) is 5.06. The third-order valence-corrected chi connectivity index (χ3v) is 5.06. The number of rotatable bonds is 3. The van der Waals surface area contributed by atoms with E-state index < -0.39 is 11.6 Å². The predicted octanol–water partition coefficient (Wildman–Crippen LogP) is 2.65. The monoisotopic (exact) mass is 308 g/mol. The van der Waals surface area contributed by atoms with Gasteiger partial charge in [0.1, 0.15) is 11.6 Å². The van der Waals surface area contributed by atoms with Crippen LogP contribution in [0.4, 0.5) is 8.78 Å². The van der Waals surface area contributed by atoms with E-state index >= 15 is 0 Å². The minimum absolute atomic E-state index is 0.0804. The van der Waals surface area contributed by atoms with E-state index in [1.54, 1.807) is 0 Å². The molecule has 22 heavy (non-hydrogen) atoms. The van der Waals surface area contributed by atoms with Gasteiger partial charge in [0.2, 0.25) is 5.91 Å². The average Bonchev–Trinajstić information content (AvgIpc) is 3.29. The fourth-order valence-electron chi connectivity index (χ4n) is 3.49. The number of nitrogens with zero attached hydrogens (tertiary/aromatic N) is 1. The van der Waals surface area contributed by atoms with Crippen LogP contribution in [0.25, 0.3) is 0 Å². The van der Waals surface area contributed by atoms with Crippen LogP contribution in [0.15, 0.2) is 18.2 Å². The number of halogens is 2. The first-order valence-corrected chi connectivity index (χ1v) is 7.96. The minimum Gasteiger partial charge on any atom is -0.342 e. The number of hydrogen-bond donors (Lipinski definition) is 1. The number of likely N-dealkylation sites (tertiary alicyclic amines) is 1. The van der Waals surface area contributed by atoms with Crippen LogP contribution in [-0.2, 0) is 4.79 Å². The lowest BCUT2D eigenvalue weighted by Gasteiger charge is -2.34. The van der Waals surface area contributed by atoms with E-state index in [2.05, 4.69) is 0 Å². The Hall–Kier alpha value is -1.49. The maximum Gasteiger partial charge on any atom is 0.226 e. The fourth-order valence-corrected chi connectivity index (χ4v) is 3.49. The molecule has 1 aliphatic heterocycles. The molecule has 1 saturated carbocycles. The van der Waals surface area contributed by atoms with Gasteiger partial charge in [0.15, 0.2) is 0 Å². The van der Waals surface area contributed by atoms with E-state index in [0.717, 1.165) is 38.1 Å². The number of benzene rings is 1. The van der Waals surface area contributed by atoms with Crippen molar-refractivity contribution in [2.45, 2.75) is 38.1 Å². The van der Waals surface area contributed by atoms with Crippen molar-refractivity contribution in [1.29, 1.82) is 0 Å². The summed E-state index contributed by atoms with van der Waals surface area (Å²) in [5, 5.41) is 0. The van der Waals surface area contributed by atoms with Crippen molar-refractivity contribution in [2.75, 3.05) is 13.1 Å². The van der Waals surface area contributed by atoms with Crippen LogP contribution in [0.3, 0.4) is 0 Å². The summed E-state index contributed by atoms with van der Waals surface area (Å²) in [6.07, 6.45) is 2.47. The van der Waals surface area contributed by atoms with Crippen molar-refractivity contribution in [3.63, 3.8) is 0 Å². The normalized spacial score (nSPS) is 26.8. The van der Waals surface area contributed by atoms with Gasteiger partial charge in [-0.15, -0.1) is 0 Å². The smallest absolute Gasteiger partial charge is 0.226 e. The summed E-state index contributed by atoms with van der Waals surface area (Å²) in [5.41, 5.74) is 6.25. The Labute approximate surface area is 129 Å². The maximum atomic E-state index is 13.8. The molecule has 0 aromatic heterocycles. The number of hydrogen-bond acceptors (Lipinski definition) is 2. The molecule has 2 aliphatic rings. The standard InChI is InChI=1S/C17H22F2N2O/c1-10(20)11-4-6-21(7-5-11)17(22)15-9-13(15)14-8-12(18)2-3-16(14)19/h2-3,8,10-11,13,15H,4-7,9,20H2,1H3. The van der Waals surface area contributed by atoms with Crippen LogP contribution < -0.4 is 5.73 Å². The lowest BCUT2D eigenvalue weighted by molar-refractivity contribution is -0.134. The van der Waals surface area contributed by atoms with Gasteiger partial charge in [-0.2, -0.15) is 0 Å². The first-order chi connectivity index (χ1) is 10.5. The van der Waals surface area contributed by atoms with Gasteiger partial charge < -0.3 is 10.6 Å². The molecule has 2 N–H and O–H groups in total. The van der Waals surface area contributed by atoms with Crippen molar-refractivity contribution in [3.8, 4) is 0 Å². The Morgan fingerprint density at radius 2 is 2.00 bits per heavy atom. The molecular formula is C17H22F2N2O. The quantitative estimate of drug-likeness (QED) is 0.933. The molecule has 0 spiro atoms. The summed E-state index contributed by atoms with van der Waals surface area (Å²) in [4.78, 5) is 14.4. The number of piperidine rings is 1. The Bertz CT molecular complexity index is 568. The molecule has 3 rings (SSSR count). The zero-order valence-corrected chi connectivity index (χ0v) is 12.8. The van der Waals surface area contributed by atoms with Crippen molar-refractivity contribution < 1.29 is 13.6 Å². The molecule has 3 atom stereocenters. The number of carbonyl (C=O) groups is 1. The lowest BCUT2D eigenvalue weighted by Crippen LogP contribution is -2.43. The summed E-state index contributed by atoms with van der Waals surface area (Å²) in [5.74, 6) is -0.682. The van der Waals surface area contributed by atoms with Crippen LogP contribution in [-0.4, -0.2) is 29.9 Å². The second-order valence-corrected chi connectivity index (χ2v) is 6.64. The van der Waals surface area contributed by atoms with Crippen molar-refractivity contribution in [1.82, 2.24) is 4.90 Å². The Kier molecular flexibility index (Phi) is 4.17. The van der Waals surface area contributed by atoms with E-state index in [-0.39, 0.29) is 23.8 Å². The maximum absolute atomic E-state index is 13.8. The summed E-state index contributed by atoms with van der Waals surface area (Å²) in [6.45, 7) is 3.45. The molecule has 0 bridgehead atoms. The first-order valence-electron chi connectivity index (χ1n) is 7.96. The summed E-state index contributed by atoms with van der Waals surface area (Å²) in [7, 11) is 0. The first kappa shape index (κ1) is 15.4. The molecule has 120 valence electrons. The number of nitrogens with two attached hydrogens (primary N) is 1. The molecule has 1 amide bonds. The molecule has 1 heterocycles. The number of amides is 1. The van der Waals surface area contributed by atoms with E-state index in [9.17, 15) is 13.6 Å². The molecule has 0 radical (unpaired) electrons. The van der Waals surface area contributed by atoms with Crippen molar-refractivity contribution in [2.24, 2.45) is 17.6 Å². The molecule has 3 nitrogen and oxygen atoms in total. The van der Waals surface area contributed by atoms with Crippen LogP contribution in [0.5, 0.6) is 0 Å². The van der Waals surface area contributed by atoms with Crippen LogP contribution in [0.1, 0.15) is 37.7 Å². The van der Waals surface area contributed by atoms with Gasteiger partial charge in [0, 0.05) is 25.0 Å². The number of carbonyl (C=O) groups excluding carboxylic acids is 1. The van der Waals surface area contributed by atoms with Crippen molar-refractivity contribution >= 4 is 5.91 Å². The van der Waals surface area contributed by atoms with E-state index in [4.69, 9.17) is 5.73 Å². The third kappa shape index (κ3) is 3.00. The summed E-state index contributed by atoms with van der Waals surface area (Å²) < 4.78 is 27.0.